The van der Waals surface area contributed by atoms with Gasteiger partial charge in [0.25, 0.3) is 5.56 Å². The molecule has 21 heteroatoms. The second kappa shape index (κ2) is 17.6. The van der Waals surface area contributed by atoms with E-state index < -0.39 is 118 Å². The van der Waals surface area contributed by atoms with Crippen LogP contribution in [0.3, 0.4) is 0 Å². The van der Waals surface area contributed by atoms with Crippen molar-refractivity contribution in [3.05, 3.63) is 33.1 Å². The van der Waals surface area contributed by atoms with Gasteiger partial charge in [-0.15, -0.1) is 0 Å². The van der Waals surface area contributed by atoms with E-state index in [1.807, 2.05) is 0 Å². The molecule has 1 fully saturated rings. The van der Waals surface area contributed by atoms with Crippen molar-refractivity contribution in [2.24, 2.45) is 23.5 Å². The van der Waals surface area contributed by atoms with Gasteiger partial charge in [-0.1, -0.05) is 41.5 Å². The van der Waals surface area contributed by atoms with E-state index in [0.29, 0.717) is 9.13 Å². The molecule has 1 aliphatic rings. The van der Waals surface area contributed by atoms with Crippen molar-refractivity contribution < 1.29 is 70.5 Å². The van der Waals surface area contributed by atoms with Crippen molar-refractivity contribution in [2.45, 2.75) is 91.7 Å². The average molecular weight is 742 g/mol. The van der Waals surface area contributed by atoms with Crippen molar-refractivity contribution in [3.63, 3.8) is 0 Å². The summed E-state index contributed by atoms with van der Waals surface area (Å²) in [4.78, 5) is 74.3. The van der Waals surface area contributed by atoms with Crippen LogP contribution in [-0.4, -0.2) is 88.3 Å². The molecule has 0 radical (unpaired) electrons. The first kappa shape index (κ1) is 42.6. The lowest BCUT2D eigenvalue weighted by atomic mass is 9.88. The zero-order valence-corrected chi connectivity index (χ0v) is 29.9. The molecule has 0 aliphatic carbocycles. The lowest BCUT2D eigenvalue weighted by Crippen LogP contribution is -2.55. The number of carbonyl (C=O) groups is 4. The van der Waals surface area contributed by atoms with E-state index in [1.54, 1.807) is 13.8 Å². The molecule has 3 N–H and O–H groups in total. The summed E-state index contributed by atoms with van der Waals surface area (Å²) in [5.74, 6) is -5.04. The Morgan fingerprint density at radius 3 is 1.98 bits per heavy atom. The Bertz CT molecular complexity index is 1510. The number of halogens is 1. The van der Waals surface area contributed by atoms with Gasteiger partial charge in [-0.05, 0) is 12.8 Å². The number of esters is 4. The molecule has 0 amide bonds. The SMILES string of the molecule is CC(=O)O[C@@H]1[C@@](CF)(COP(=O)(OCOC(=O)C(C)C)OCOC(=O)C(C)C)O[C@@H](n2ccc(=O)n(COC(=O)C(N)C(C)C)c2=O)[C@]1(C)O. The van der Waals surface area contributed by atoms with Gasteiger partial charge in [-0.25, -0.2) is 27.4 Å². The van der Waals surface area contributed by atoms with E-state index in [4.69, 9.17) is 43.0 Å². The molecule has 0 saturated carbocycles. The Hall–Kier alpha value is -3.52. The summed E-state index contributed by atoms with van der Waals surface area (Å²) in [7, 11) is -4.95. The maximum Gasteiger partial charge on any atom is 0.480 e. The van der Waals surface area contributed by atoms with Crippen LogP contribution in [0.25, 0.3) is 0 Å². The Morgan fingerprint density at radius 2 is 1.52 bits per heavy atom. The summed E-state index contributed by atoms with van der Waals surface area (Å²) >= 11 is 0. The number of alkyl halides is 1. The molecule has 5 atom stereocenters. The van der Waals surface area contributed by atoms with Crippen LogP contribution in [-0.2, 0) is 67.7 Å². The summed E-state index contributed by atoms with van der Waals surface area (Å²) in [5, 5.41) is 11.6. The number of carbonyl (C=O) groups excluding carboxylic acids is 4. The first-order valence-corrected chi connectivity index (χ1v) is 16.8. The molecule has 2 rings (SSSR count). The number of hydrogen-bond acceptors (Lipinski definition) is 17. The van der Waals surface area contributed by atoms with E-state index in [-0.39, 0.29) is 5.92 Å². The number of aliphatic hydroxyl groups is 1. The van der Waals surface area contributed by atoms with Crippen LogP contribution >= 0.6 is 7.82 Å². The molecule has 1 saturated heterocycles. The highest BCUT2D eigenvalue weighted by Crippen LogP contribution is 2.53. The number of nitrogens with two attached hydrogens (primary N) is 1. The zero-order valence-electron chi connectivity index (χ0n) is 29.0. The second-order valence-corrected chi connectivity index (χ2v) is 14.1. The van der Waals surface area contributed by atoms with Crippen molar-refractivity contribution in [1.29, 1.82) is 0 Å². The van der Waals surface area contributed by atoms with Crippen LogP contribution < -0.4 is 17.0 Å². The van der Waals surface area contributed by atoms with Gasteiger partial charge in [0.2, 0.25) is 13.6 Å². The van der Waals surface area contributed by atoms with Crippen LogP contribution in [0, 0.1) is 17.8 Å². The number of nitrogens with zero attached hydrogens (tertiary/aromatic N) is 2. The van der Waals surface area contributed by atoms with Crippen LogP contribution in [0.5, 0.6) is 0 Å². The number of phosphoric acid groups is 1. The molecule has 1 unspecified atom stereocenters. The number of rotatable bonds is 18. The van der Waals surface area contributed by atoms with E-state index in [2.05, 4.69) is 0 Å². The highest BCUT2D eigenvalue weighted by atomic mass is 31.2. The van der Waals surface area contributed by atoms with Gasteiger partial charge >= 0.3 is 37.4 Å². The first-order valence-electron chi connectivity index (χ1n) is 15.4. The van der Waals surface area contributed by atoms with Crippen molar-refractivity contribution in [1.82, 2.24) is 9.13 Å². The molecular weight excluding hydrogens is 696 g/mol. The number of ether oxygens (including phenoxy) is 5. The monoisotopic (exact) mass is 741 g/mol. The predicted octanol–water partition coefficient (Wildman–Crippen LogP) is 0.885. The van der Waals surface area contributed by atoms with Gasteiger partial charge in [0.1, 0.15) is 18.3 Å². The van der Waals surface area contributed by atoms with E-state index in [0.717, 1.165) is 26.1 Å². The molecule has 0 aromatic carbocycles. The minimum absolute atomic E-state index is 0.334. The molecule has 0 spiro atoms. The second-order valence-electron chi connectivity index (χ2n) is 12.5. The summed E-state index contributed by atoms with van der Waals surface area (Å²) < 4.78 is 71.0. The van der Waals surface area contributed by atoms with Gasteiger partial charge < -0.3 is 34.5 Å². The van der Waals surface area contributed by atoms with Crippen LogP contribution in [0.15, 0.2) is 21.9 Å². The van der Waals surface area contributed by atoms with Gasteiger partial charge in [0, 0.05) is 19.2 Å². The molecule has 2 heterocycles. The number of phosphoric ester groups is 1. The van der Waals surface area contributed by atoms with Crippen molar-refractivity contribution in [2.75, 3.05) is 26.9 Å². The third kappa shape index (κ3) is 10.5. The standard InChI is InChI=1S/C29H45FN3O16P/c1-16(2)21(31)24(38)42-13-33-20(35)9-10-32(27(33)39)26-28(8,40)25(48-19(7)34)29(11-30,49-26)12-45-50(41,46-14-43-22(36)17(3)4)47-15-44-23(37)18(5)6/h9-10,16-18,21,25-26,40H,11-15,31H2,1-8H3/t21?,25-,26+,28+,29+/m0/s1. The van der Waals surface area contributed by atoms with E-state index in [9.17, 15) is 38.4 Å². The average Bonchev–Trinajstić information content (AvgIpc) is 3.24. The molecule has 0 bridgehead atoms. The Morgan fingerprint density at radius 1 is 0.980 bits per heavy atom. The maximum absolute atomic E-state index is 15.1. The van der Waals surface area contributed by atoms with Crippen molar-refractivity contribution in [3.8, 4) is 0 Å². The zero-order chi connectivity index (χ0) is 38.2. The fourth-order valence-electron chi connectivity index (χ4n) is 4.30. The largest absolute Gasteiger partial charge is 0.480 e. The molecule has 1 aliphatic heterocycles. The number of hydrogen-bond donors (Lipinski definition) is 2. The smallest absolute Gasteiger partial charge is 0.456 e. The van der Waals surface area contributed by atoms with Gasteiger partial charge in [-0.3, -0.25) is 33.1 Å². The minimum Gasteiger partial charge on any atom is -0.456 e. The normalized spacial score (nSPS) is 22.8. The molecular formula is C29H45FN3O16P. The fraction of sp³-hybridized carbons (Fsp3) is 0.724. The third-order valence-electron chi connectivity index (χ3n) is 7.27. The topological polar surface area (TPSA) is 249 Å². The first-order chi connectivity index (χ1) is 23.1. The fourth-order valence-corrected chi connectivity index (χ4v) is 5.27. The summed E-state index contributed by atoms with van der Waals surface area (Å²) in [5.41, 5.74) is -1.41. The van der Waals surface area contributed by atoms with Crippen LogP contribution in [0.1, 0.15) is 61.6 Å². The summed E-state index contributed by atoms with van der Waals surface area (Å²) in [6.45, 7) is 5.59. The highest BCUT2D eigenvalue weighted by molar-refractivity contribution is 7.48. The molecule has 1 aromatic rings. The Labute approximate surface area is 286 Å². The third-order valence-corrected chi connectivity index (χ3v) is 8.56. The maximum atomic E-state index is 15.1. The van der Waals surface area contributed by atoms with Gasteiger partial charge in [0.15, 0.2) is 24.7 Å². The predicted molar refractivity (Wildman–Crippen MR) is 166 cm³/mol. The van der Waals surface area contributed by atoms with E-state index >= 15 is 4.39 Å². The molecule has 1 aromatic heterocycles. The highest BCUT2D eigenvalue weighted by Gasteiger charge is 2.65. The minimum atomic E-state index is -4.95. The molecule has 19 nitrogen and oxygen atoms in total. The lowest BCUT2D eigenvalue weighted by Gasteiger charge is -2.34. The summed E-state index contributed by atoms with van der Waals surface area (Å²) in [6.07, 6.45) is -3.03. The Balaban J connectivity index is 2.49. The number of aromatic nitrogens is 2. The summed E-state index contributed by atoms with van der Waals surface area (Å²) in [6, 6.07) is -0.213. The Kier molecular flexibility index (Phi) is 15.0. The van der Waals surface area contributed by atoms with E-state index in [1.165, 1.54) is 27.7 Å². The molecule has 50 heavy (non-hydrogen) atoms. The quantitative estimate of drug-likeness (QED) is 0.0917. The van der Waals surface area contributed by atoms with Crippen LogP contribution in [0.4, 0.5) is 4.39 Å². The van der Waals surface area contributed by atoms with Gasteiger partial charge in [0.05, 0.1) is 18.4 Å². The lowest BCUT2D eigenvalue weighted by molar-refractivity contribution is -0.174. The molecule has 284 valence electrons. The van der Waals surface area contributed by atoms with Crippen molar-refractivity contribution >= 4 is 31.7 Å². The van der Waals surface area contributed by atoms with Crippen LogP contribution in [0.2, 0.25) is 0 Å². The van der Waals surface area contributed by atoms with Gasteiger partial charge in [-0.2, -0.15) is 0 Å².